The lowest BCUT2D eigenvalue weighted by Gasteiger charge is -2.32. The molecular weight excluding hydrogens is 472 g/mol. The fraction of sp³-hybridized carbons (Fsp3) is 0.333. The van der Waals surface area contributed by atoms with Crippen LogP contribution in [-0.2, 0) is 22.6 Å². The smallest absolute Gasteiger partial charge is 0.261 e. The fourth-order valence-corrected chi connectivity index (χ4v) is 4.09. The summed E-state index contributed by atoms with van der Waals surface area (Å²) in [7, 11) is 0. The highest BCUT2D eigenvalue weighted by molar-refractivity contribution is 6.30. The average Bonchev–Trinajstić information content (AvgIpc) is 2.87. The molecule has 1 N–H and O–H groups in total. The lowest BCUT2D eigenvalue weighted by Crippen LogP contribution is -2.53. The molecule has 0 radical (unpaired) electrons. The minimum Gasteiger partial charge on any atom is -0.483 e. The predicted octanol–water partition coefficient (Wildman–Crippen LogP) is 5.89. The van der Waals surface area contributed by atoms with Gasteiger partial charge in [0.1, 0.15) is 11.8 Å². The van der Waals surface area contributed by atoms with Crippen molar-refractivity contribution in [2.45, 2.75) is 59.2 Å². The van der Waals surface area contributed by atoms with E-state index in [4.69, 9.17) is 16.3 Å². The molecule has 0 aromatic heterocycles. The molecule has 0 aliphatic rings. The molecule has 0 saturated carbocycles. The van der Waals surface area contributed by atoms with E-state index < -0.39 is 6.04 Å². The molecule has 3 rings (SSSR count). The van der Waals surface area contributed by atoms with Crippen LogP contribution in [0.5, 0.6) is 5.75 Å². The van der Waals surface area contributed by atoms with Crippen molar-refractivity contribution in [1.82, 2.24) is 10.2 Å². The SMILES string of the molecule is CC[C@H](C)NC(=O)[C@H](Cc1ccccc1)N(Cc1ccc(Cl)cc1)C(=O)COc1ccc(C)cc1C. The molecule has 0 aliphatic carbocycles. The highest BCUT2D eigenvalue weighted by atomic mass is 35.5. The third kappa shape index (κ3) is 7.85. The third-order valence-corrected chi connectivity index (χ3v) is 6.47. The molecule has 0 spiro atoms. The summed E-state index contributed by atoms with van der Waals surface area (Å²) in [6, 6.07) is 22.2. The zero-order valence-corrected chi connectivity index (χ0v) is 22.2. The Kier molecular flexibility index (Phi) is 9.95. The van der Waals surface area contributed by atoms with Crippen molar-refractivity contribution < 1.29 is 14.3 Å². The van der Waals surface area contributed by atoms with E-state index in [-0.39, 0.29) is 31.0 Å². The lowest BCUT2D eigenvalue weighted by molar-refractivity contribution is -0.143. The van der Waals surface area contributed by atoms with E-state index in [1.807, 2.05) is 88.4 Å². The largest absolute Gasteiger partial charge is 0.483 e. The highest BCUT2D eigenvalue weighted by Gasteiger charge is 2.31. The molecule has 0 bridgehead atoms. The van der Waals surface area contributed by atoms with Crippen LogP contribution < -0.4 is 10.1 Å². The number of hydrogen-bond acceptors (Lipinski definition) is 3. The van der Waals surface area contributed by atoms with Gasteiger partial charge in [0.25, 0.3) is 5.91 Å². The number of hydrogen-bond donors (Lipinski definition) is 1. The Bertz CT molecular complexity index is 1150. The van der Waals surface area contributed by atoms with Gasteiger partial charge in [-0.05, 0) is 62.1 Å². The van der Waals surface area contributed by atoms with Gasteiger partial charge >= 0.3 is 0 Å². The van der Waals surface area contributed by atoms with E-state index in [1.165, 1.54) is 0 Å². The number of nitrogens with one attached hydrogen (secondary N) is 1. The Balaban J connectivity index is 1.91. The molecule has 0 fully saturated rings. The fourth-order valence-electron chi connectivity index (χ4n) is 3.97. The van der Waals surface area contributed by atoms with Gasteiger partial charge in [0, 0.05) is 24.0 Å². The summed E-state index contributed by atoms with van der Waals surface area (Å²) in [6.45, 7) is 8.05. The molecule has 190 valence electrons. The number of benzene rings is 3. The van der Waals surface area contributed by atoms with Gasteiger partial charge in [-0.1, -0.05) is 78.7 Å². The van der Waals surface area contributed by atoms with Crippen molar-refractivity contribution in [2.24, 2.45) is 0 Å². The standard InChI is InChI=1S/C30H35ClN2O3/c1-5-23(4)32-30(35)27(18-24-9-7-6-8-10-24)33(19-25-12-14-26(31)15-13-25)29(34)20-36-28-16-11-21(2)17-22(28)3/h6-17,23,27H,5,18-20H2,1-4H3,(H,32,35)/t23-,27-/m0/s1. The minimum atomic E-state index is -0.702. The van der Waals surface area contributed by atoms with Gasteiger partial charge in [-0.3, -0.25) is 9.59 Å². The van der Waals surface area contributed by atoms with E-state index in [9.17, 15) is 9.59 Å². The second-order valence-corrected chi connectivity index (χ2v) is 9.67. The molecule has 0 heterocycles. The summed E-state index contributed by atoms with van der Waals surface area (Å²) in [5.41, 5.74) is 3.95. The van der Waals surface area contributed by atoms with E-state index in [1.54, 1.807) is 17.0 Å². The number of carbonyl (C=O) groups excluding carboxylic acids is 2. The molecule has 5 nitrogen and oxygen atoms in total. The topological polar surface area (TPSA) is 58.6 Å². The maximum absolute atomic E-state index is 13.7. The number of ether oxygens (including phenoxy) is 1. The van der Waals surface area contributed by atoms with Crippen LogP contribution in [-0.4, -0.2) is 35.4 Å². The second kappa shape index (κ2) is 13.1. The number of halogens is 1. The predicted molar refractivity (Wildman–Crippen MR) is 145 cm³/mol. The van der Waals surface area contributed by atoms with Crippen LogP contribution in [0.3, 0.4) is 0 Å². The van der Waals surface area contributed by atoms with Gasteiger partial charge < -0.3 is 15.0 Å². The summed E-state index contributed by atoms with van der Waals surface area (Å²) in [5, 5.41) is 3.69. The normalized spacial score (nSPS) is 12.5. The van der Waals surface area contributed by atoms with Gasteiger partial charge in [0.2, 0.25) is 5.91 Å². The first kappa shape index (κ1) is 27.3. The summed E-state index contributed by atoms with van der Waals surface area (Å²) in [5.74, 6) is 0.219. The maximum atomic E-state index is 13.7. The van der Waals surface area contributed by atoms with Gasteiger partial charge in [0.15, 0.2) is 6.61 Å². The molecule has 0 saturated heterocycles. The van der Waals surface area contributed by atoms with Crippen molar-refractivity contribution in [2.75, 3.05) is 6.61 Å². The number of aryl methyl sites for hydroxylation is 2. The van der Waals surface area contributed by atoms with Gasteiger partial charge in [0.05, 0.1) is 0 Å². The van der Waals surface area contributed by atoms with Crippen molar-refractivity contribution in [3.05, 3.63) is 100 Å². The zero-order valence-electron chi connectivity index (χ0n) is 21.5. The Hall–Kier alpha value is -3.31. The van der Waals surface area contributed by atoms with Crippen LogP contribution in [0.1, 0.15) is 42.5 Å². The van der Waals surface area contributed by atoms with Gasteiger partial charge in [-0.15, -0.1) is 0 Å². The zero-order chi connectivity index (χ0) is 26.1. The molecule has 2 atom stereocenters. The van der Waals surface area contributed by atoms with Crippen LogP contribution in [0.4, 0.5) is 0 Å². The monoisotopic (exact) mass is 506 g/mol. The maximum Gasteiger partial charge on any atom is 0.261 e. The van der Waals surface area contributed by atoms with Crippen molar-refractivity contribution in [3.63, 3.8) is 0 Å². The van der Waals surface area contributed by atoms with Crippen LogP contribution in [0.2, 0.25) is 5.02 Å². The Morgan fingerprint density at radius 3 is 2.31 bits per heavy atom. The average molecular weight is 507 g/mol. The second-order valence-electron chi connectivity index (χ2n) is 9.23. The summed E-state index contributed by atoms with van der Waals surface area (Å²) < 4.78 is 5.93. The molecule has 0 unspecified atom stereocenters. The molecular formula is C30H35ClN2O3. The molecule has 2 amide bonds. The quantitative estimate of drug-likeness (QED) is 0.352. The van der Waals surface area contributed by atoms with Crippen LogP contribution in [0.15, 0.2) is 72.8 Å². The first-order chi connectivity index (χ1) is 17.3. The van der Waals surface area contributed by atoms with Crippen LogP contribution >= 0.6 is 11.6 Å². The van der Waals surface area contributed by atoms with E-state index >= 15 is 0 Å². The molecule has 3 aromatic rings. The van der Waals surface area contributed by atoms with Gasteiger partial charge in [-0.2, -0.15) is 0 Å². The van der Waals surface area contributed by atoms with Crippen LogP contribution in [0.25, 0.3) is 0 Å². The summed E-state index contributed by atoms with van der Waals surface area (Å²) in [4.78, 5) is 28.8. The van der Waals surface area contributed by atoms with Gasteiger partial charge in [-0.25, -0.2) is 0 Å². The van der Waals surface area contributed by atoms with Crippen molar-refractivity contribution in [1.29, 1.82) is 0 Å². The Morgan fingerprint density at radius 1 is 0.972 bits per heavy atom. The molecule has 6 heteroatoms. The van der Waals surface area contributed by atoms with E-state index in [2.05, 4.69) is 5.32 Å². The van der Waals surface area contributed by atoms with Crippen molar-refractivity contribution >= 4 is 23.4 Å². The highest BCUT2D eigenvalue weighted by Crippen LogP contribution is 2.21. The van der Waals surface area contributed by atoms with E-state index in [0.29, 0.717) is 17.2 Å². The number of nitrogens with zero attached hydrogens (tertiary/aromatic N) is 1. The molecule has 3 aromatic carbocycles. The van der Waals surface area contributed by atoms with Crippen LogP contribution in [0, 0.1) is 13.8 Å². The Morgan fingerprint density at radius 2 is 1.67 bits per heavy atom. The van der Waals surface area contributed by atoms with E-state index in [0.717, 1.165) is 28.7 Å². The lowest BCUT2D eigenvalue weighted by atomic mass is 10.0. The number of amides is 2. The molecule has 36 heavy (non-hydrogen) atoms. The number of carbonyl (C=O) groups is 2. The van der Waals surface area contributed by atoms with Crippen molar-refractivity contribution in [3.8, 4) is 5.75 Å². The summed E-state index contributed by atoms with van der Waals surface area (Å²) in [6.07, 6.45) is 1.19. The molecule has 0 aliphatic heterocycles. The Labute approximate surface area is 219 Å². The number of rotatable bonds is 11. The minimum absolute atomic E-state index is 0.00489. The first-order valence-corrected chi connectivity index (χ1v) is 12.7. The first-order valence-electron chi connectivity index (χ1n) is 12.3. The third-order valence-electron chi connectivity index (χ3n) is 6.22. The summed E-state index contributed by atoms with van der Waals surface area (Å²) >= 11 is 6.08.